The van der Waals surface area contributed by atoms with Gasteiger partial charge in [0.25, 0.3) is 0 Å². The summed E-state index contributed by atoms with van der Waals surface area (Å²) in [6.07, 6.45) is 3.82. The summed E-state index contributed by atoms with van der Waals surface area (Å²) in [5, 5.41) is 0. The van der Waals surface area contributed by atoms with Gasteiger partial charge in [-0.3, -0.25) is 4.79 Å². The van der Waals surface area contributed by atoms with Crippen LogP contribution in [0.3, 0.4) is 0 Å². The molecule has 0 bridgehead atoms. The van der Waals surface area contributed by atoms with E-state index in [0.29, 0.717) is 25.7 Å². The van der Waals surface area contributed by atoms with Crippen molar-refractivity contribution in [3.8, 4) is 0 Å². The summed E-state index contributed by atoms with van der Waals surface area (Å²) < 4.78 is 5.25. The Morgan fingerprint density at radius 1 is 1.17 bits per heavy atom. The van der Waals surface area contributed by atoms with Crippen molar-refractivity contribution in [2.24, 2.45) is 5.73 Å². The number of likely N-dealkylation sites (tertiary alicyclic amines) is 1. The standard InChI is InChI=1S/C13H25N3O2/c14-12-3-6-15(7-4-12)5-1-2-13(17)16-8-10-18-11-9-16/h12H,1-11,14H2. The number of nitrogens with zero attached hydrogens (tertiary/aromatic N) is 2. The molecule has 18 heavy (non-hydrogen) atoms. The van der Waals surface area contributed by atoms with E-state index in [1.807, 2.05) is 4.90 Å². The van der Waals surface area contributed by atoms with E-state index in [2.05, 4.69) is 4.90 Å². The number of nitrogens with two attached hydrogens (primary N) is 1. The summed E-state index contributed by atoms with van der Waals surface area (Å²) in [5.41, 5.74) is 5.87. The minimum Gasteiger partial charge on any atom is -0.378 e. The van der Waals surface area contributed by atoms with Crippen LogP contribution in [0.4, 0.5) is 0 Å². The van der Waals surface area contributed by atoms with Gasteiger partial charge in [-0.1, -0.05) is 0 Å². The van der Waals surface area contributed by atoms with E-state index in [4.69, 9.17) is 10.5 Å². The number of piperidine rings is 1. The SMILES string of the molecule is NC1CCN(CCCC(=O)N2CCOCC2)CC1. The van der Waals surface area contributed by atoms with E-state index in [9.17, 15) is 4.79 Å². The van der Waals surface area contributed by atoms with Gasteiger partial charge in [0.15, 0.2) is 0 Å². The molecule has 0 aromatic carbocycles. The van der Waals surface area contributed by atoms with E-state index >= 15 is 0 Å². The van der Waals surface area contributed by atoms with Gasteiger partial charge in [-0.15, -0.1) is 0 Å². The van der Waals surface area contributed by atoms with E-state index in [0.717, 1.165) is 52.0 Å². The van der Waals surface area contributed by atoms with Crippen LogP contribution >= 0.6 is 0 Å². The third-order valence-electron chi connectivity index (χ3n) is 3.86. The Balaban J connectivity index is 1.58. The van der Waals surface area contributed by atoms with E-state index in [-0.39, 0.29) is 5.91 Å². The number of carbonyl (C=O) groups is 1. The second-order valence-corrected chi connectivity index (χ2v) is 5.28. The zero-order chi connectivity index (χ0) is 12.8. The van der Waals surface area contributed by atoms with Crippen LogP contribution in [0.5, 0.6) is 0 Å². The minimum absolute atomic E-state index is 0.284. The van der Waals surface area contributed by atoms with Gasteiger partial charge in [0.1, 0.15) is 0 Å². The molecule has 0 atom stereocenters. The number of ether oxygens (including phenoxy) is 1. The largest absolute Gasteiger partial charge is 0.378 e. The van der Waals surface area contributed by atoms with E-state index in [1.165, 1.54) is 0 Å². The molecule has 1 amide bonds. The molecule has 2 rings (SSSR count). The molecule has 0 aliphatic carbocycles. The number of hydrogen-bond acceptors (Lipinski definition) is 4. The summed E-state index contributed by atoms with van der Waals surface area (Å²) in [6.45, 7) is 6.11. The molecule has 104 valence electrons. The zero-order valence-electron chi connectivity index (χ0n) is 11.1. The Morgan fingerprint density at radius 3 is 2.50 bits per heavy atom. The number of hydrogen-bond donors (Lipinski definition) is 1. The van der Waals surface area contributed by atoms with Crippen LogP contribution in [0.2, 0.25) is 0 Å². The minimum atomic E-state index is 0.284. The summed E-state index contributed by atoms with van der Waals surface area (Å²) >= 11 is 0. The number of amides is 1. The molecule has 0 aromatic heterocycles. The molecule has 0 unspecified atom stereocenters. The highest BCUT2D eigenvalue weighted by Gasteiger charge is 2.18. The third-order valence-corrected chi connectivity index (χ3v) is 3.86. The maximum Gasteiger partial charge on any atom is 0.222 e. The van der Waals surface area contributed by atoms with Crippen LogP contribution in [-0.2, 0) is 9.53 Å². The van der Waals surface area contributed by atoms with E-state index < -0.39 is 0 Å². The van der Waals surface area contributed by atoms with Crippen LogP contribution in [-0.4, -0.2) is 67.7 Å². The fourth-order valence-corrected chi connectivity index (χ4v) is 2.60. The molecular formula is C13H25N3O2. The summed E-state index contributed by atoms with van der Waals surface area (Å²) in [7, 11) is 0. The molecule has 5 nitrogen and oxygen atoms in total. The van der Waals surface area contributed by atoms with E-state index in [1.54, 1.807) is 0 Å². The number of rotatable bonds is 4. The lowest BCUT2D eigenvalue weighted by atomic mass is 10.1. The van der Waals surface area contributed by atoms with Crippen LogP contribution in [0.1, 0.15) is 25.7 Å². The average Bonchev–Trinajstić information content (AvgIpc) is 2.42. The van der Waals surface area contributed by atoms with Crippen molar-refractivity contribution in [3.05, 3.63) is 0 Å². The number of carbonyl (C=O) groups excluding carboxylic acids is 1. The second kappa shape index (κ2) is 7.07. The van der Waals surface area contributed by atoms with Gasteiger partial charge in [0, 0.05) is 25.6 Å². The van der Waals surface area contributed by atoms with Crippen LogP contribution in [0.25, 0.3) is 0 Å². The topological polar surface area (TPSA) is 58.8 Å². The van der Waals surface area contributed by atoms with Gasteiger partial charge in [0.2, 0.25) is 5.91 Å². The van der Waals surface area contributed by atoms with Gasteiger partial charge in [-0.25, -0.2) is 0 Å². The second-order valence-electron chi connectivity index (χ2n) is 5.28. The van der Waals surface area contributed by atoms with Crippen molar-refractivity contribution in [2.75, 3.05) is 45.9 Å². The first-order valence-corrected chi connectivity index (χ1v) is 7.09. The highest BCUT2D eigenvalue weighted by molar-refractivity contribution is 5.76. The fraction of sp³-hybridized carbons (Fsp3) is 0.923. The molecule has 2 saturated heterocycles. The number of morpholine rings is 1. The lowest BCUT2D eigenvalue weighted by Crippen LogP contribution is -2.42. The Kier molecular flexibility index (Phi) is 5.41. The first kappa shape index (κ1) is 13.8. The average molecular weight is 255 g/mol. The zero-order valence-corrected chi connectivity index (χ0v) is 11.1. The van der Waals surface area contributed by atoms with Crippen molar-refractivity contribution in [1.82, 2.24) is 9.80 Å². The van der Waals surface area contributed by atoms with Gasteiger partial charge in [-0.05, 0) is 38.9 Å². The Labute approximate surface area is 109 Å². The summed E-state index contributed by atoms with van der Waals surface area (Å²) in [4.78, 5) is 16.3. The Bertz CT molecular complexity index is 259. The van der Waals surface area contributed by atoms with Crippen molar-refractivity contribution < 1.29 is 9.53 Å². The monoisotopic (exact) mass is 255 g/mol. The molecule has 0 radical (unpaired) electrons. The molecule has 5 heteroatoms. The molecule has 2 N–H and O–H groups in total. The summed E-state index contributed by atoms with van der Waals surface area (Å²) in [5.74, 6) is 0.284. The van der Waals surface area contributed by atoms with Crippen LogP contribution in [0, 0.1) is 0 Å². The highest BCUT2D eigenvalue weighted by atomic mass is 16.5. The van der Waals surface area contributed by atoms with Gasteiger partial charge >= 0.3 is 0 Å². The van der Waals surface area contributed by atoms with Crippen molar-refractivity contribution >= 4 is 5.91 Å². The molecule has 0 aromatic rings. The molecule has 2 fully saturated rings. The lowest BCUT2D eigenvalue weighted by Gasteiger charge is -2.30. The predicted octanol–water partition coefficient (Wildman–Crippen LogP) is 0.0485. The molecule has 2 heterocycles. The fourth-order valence-electron chi connectivity index (χ4n) is 2.60. The summed E-state index contributed by atoms with van der Waals surface area (Å²) in [6, 6.07) is 0.385. The van der Waals surface area contributed by atoms with Crippen LogP contribution in [0.15, 0.2) is 0 Å². The van der Waals surface area contributed by atoms with Crippen molar-refractivity contribution in [2.45, 2.75) is 31.7 Å². The first-order chi connectivity index (χ1) is 8.75. The van der Waals surface area contributed by atoms with Gasteiger partial charge < -0.3 is 20.3 Å². The normalized spacial score (nSPS) is 23.3. The predicted molar refractivity (Wildman–Crippen MR) is 70.3 cm³/mol. The quantitative estimate of drug-likeness (QED) is 0.771. The Hall–Kier alpha value is -0.650. The molecule has 0 saturated carbocycles. The smallest absolute Gasteiger partial charge is 0.222 e. The maximum atomic E-state index is 11.9. The van der Waals surface area contributed by atoms with Gasteiger partial charge in [0.05, 0.1) is 13.2 Å². The molecule has 2 aliphatic rings. The molecule has 2 aliphatic heterocycles. The molecular weight excluding hydrogens is 230 g/mol. The molecule has 0 spiro atoms. The highest BCUT2D eigenvalue weighted by Crippen LogP contribution is 2.10. The lowest BCUT2D eigenvalue weighted by molar-refractivity contribution is -0.135. The Morgan fingerprint density at radius 2 is 1.83 bits per heavy atom. The van der Waals surface area contributed by atoms with Crippen LogP contribution < -0.4 is 5.73 Å². The maximum absolute atomic E-state index is 11.9. The van der Waals surface area contributed by atoms with Crippen molar-refractivity contribution in [3.63, 3.8) is 0 Å². The first-order valence-electron chi connectivity index (χ1n) is 7.09. The van der Waals surface area contributed by atoms with Crippen molar-refractivity contribution in [1.29, 1.82) is 0 Å². The van der Waals surface area contributed by atoms with Gasteiger partial charge in [-0.2, -0.15) is 0 Å². The third kappa shape index (κ3) is 4.23.